The number of fused-ring (bicyclic) bond motifs is 1. The van der Waals surface area contributed by atoms with Gasteiger partial charge in [-0.2, -0.15) is 0 Å². The van der Waals surface area contributed by atoms with Gasteiger partial charge in [-0.05, 0) is 25.0 Å². The van der Waals surface area contributed by atoms with Gasteiger partial charge in [0.15, 0.2) is 0 Å². The molecule has 2 N–H and O–H groups in total. The SMILES string of the molecule is COC[C@@]1(CC(N)=O)CCCN1C(=O)c1cnc2ccccc2c1. The number of nitrogens with zero attached hydrogens (tertiary/aromatic N) is 2. The van der Waals surface area contributed by atoms with Gasteiger partial charge in [0, 0.05) is 25.2 Å². The highest BCUT2D eigenvalue weighted by molar-refractivity contribution is 5.98. The molecule has 1 atom stereocenters. The highest BCUT2D eigenvalue weighted by Crippen LogP contribution is 2.34. The van der Waals surface area contributed by atoms with Crippen LogP contribution in [0.1, 0.15) is 29.6 Å². The Bertz CT molecular complexity index is 777. The van der Waals surface area contributed by atoms with Crippen molar-refractivity contribution in [1.82, 2.24) is 9.88 Å². The molecule has 3 rings (SSSR count). The molecule has 6 nitrogen and oxygen atoms in total. The largest absolute Gasteiger partial charge is 0.382 e. The first-order valence-corrected chi connectivity index (χ1v) is 8.00. The number of primary amides is 1. The summed E-state index contributed by atoms with van der Waals surface area (Å²) in [5.74, 6) is -0.563. The Balaban J connectivity index is 1.94. The number of hydrogen-bond donors (Lipinski definition) is 1. The van der Waals surface area contributed by atoms with E-state index >= 15 is 0 Å². The van der Waals surface area contributed by atoms with Crippen molar-refractivity contribution < 1.29 is 14.3 Å². The van der Waals surface area contributed by atoms with Crippen molar-refractivity contribution in [1.29, 1.82) is 0 Å². The van der Waals surface area contributed by atoms with E-state index in [0.717, 1.165) is 17.3 Å². The van der Waals surface area contributed by atoms with E-state index < -0.39 is 11.4 Å². The lowest BCUT2D eigenvalue weighted by molar-refractivity contribution is -0.121. The molecular weight excluding hydrogens is 306 g/mol. The first-order chi connectivity index (χ1) is 11.6. The first-order valence-electron chi connectivity index (χ1n) is 8.00. The summed E-state index contributed by atoms with van der Waals surface area (Å²) in [6.07, 6.45) is 3.22. The maximum atomic E-state index is 13.0. The number of methoxy groups -OCH3 is 1. The monoisotopic (exact) mass is 327 g/mol. The van der Waals surface area contributed by atoms with E-state index in [0.29, 0.717) is 25.1 Å². The summed E-state index contributed by atoms with van der Waals surface area (Å²) in [5, 5.41) is 0.912. The third kappa shape index (κ3) is 2.97. The van der Waals surface area contributed by atoms with E-state index in [1.807, 2.05) is 30.3 Å². The number of ether oxygens (including phenoxy) is 1. The fourth-order valence-electron chi connectivity index (χ4n) is 3.58. The molecule has 0 bridgehead atoms. The molecule has 0 saturated carbocycles. The summed E-state index contributed by atoms with van der Waals surface area (Å²) in [6.45, 7) is 0.880. The lowest BCUT2D eigenvalue weighted by atomic mass is 9.92. The van der Waals surface area contributed by atoms with Crippen LogP contribution in [-0.4, -0.2) is 47.5 Å². The quantitative estimate of drug-likeness (QED) is 0.906. The Morgan fingerprint density at radius 3 is 2.92 bits per heavy atom. The summed E-state index contributed by atoms with van der Waals surface area (Å²) in [5.41, 5.74) is 6.11. The summed E-state index contributed by atoms with van der Waals surface area (Å²) >= 11 is 0. The third-order valence-corrected chi connectivity index (χ3v) is 4.60. The zero-order valence-corrected chi connectivity index (χ0v) is 13.7. The summed E-state index contributed by atoms with van der Waals surface area (Å²) in [6, 6.07) is 9.49. The molecule has 1 saturated heterocycles. The van der Waals surface area contributed by atoms with E-state index in [2.05, 4.69) is 4.98 Å². The molecule has 1 aliphatic rings. The molecule has 0 unspecified atom stereocenters. The molecule has 126 valence electrons. The summed E-state index contributed by atoms with van der Waals surface area (Å²) in [7, 11) is 1.57. The Labute approximate surface area is 140 Å². The van der Waals surface area contributed by atoms with E-state index in [-0.39, 0.29) is 12.3 Å². The normalized spacial score (nSPS) is 20.5. The molecule has 6 heteroatoms. The fourth-order valence-corrected chi connectivity index (χ4v) is 3.58. The van der Waals surface area contributed by atoms with Crippen LogP contribution in [0.4, 0.5) is 0 Å². The zero-order valence-electron chi connectivity index (χ0n) is 13.7. The van der Waals surface area contributed by atoms with Gasteiger partial charge in [0.2, 0.25) is 5.91 Å². The van der Waals surface area contributed by atoms with Gasteiger partial charge < -0.3 is 15.4 Å². The highest BCUT2D eigenvalue weighted by atomic mass is 16.5. The van der Waals surface area contributed by atoms with E-state index in [1.165, 1.54) is 0 Å². The van der Waals surface area contributed by atoms with E-state index in [1.54, 1.807) is 18.2 Å². The smallest absolute Gasteiger partial charge is 0.255 e. The van der Waals surface area contributed by atoms with Crippen molar-refractivity contribution in [3.8, 4) is 0 Å². The van der Waals surface area contributed by atoms with Crippen LogP contribution < -0.4 is 5.73 Å². The number of aromatic nitrogens is 1. The van der Waals surface area contributed by atoms with Crippen LogP contribution in [0.2, 0.25) is 0 Å². The van der Waals surface area contributed by atoms with E-state index in [9.17, 15) is 9.59 Å². The Hall–Kier alpha value is -2.47. The molecule has 0 aliphatic carbocycles. The van der Waals surface area contributed by atoms with Gasteiger partial charge in [-0.25, -0.2) is 0 Å². The summed E-state index contributed by atoms with van der Waals surface area (Å²) < 4.78 is 5.30. The number of carbonyl (C=O) groups is 2. The minimum atomic E-state index is -0.663. The molecule has 2 aromatic rings. The Kier molecular flexibility index (Phi) is 4.49. The minimum Gasteiger partial charge on any atom is -0.382 e. The second kappa shape index (κ2) is 6.57. The van der Waals surface area contributed by atoms with Crippen molar-refractivity contribution in [2.75, 3.05) is 20.3 Å². The predicted octanol–water partition coefficient (Wildman–Crippen LogP) is 1.73. The molecule has 1 fully saturated rings. The number of para-hydroxylation sites is 1. The van der Waals surface area contributed by atoms with Crippen molar-refractivity contribution >= 4 is 22.7 Å². The van der Waals surface area contributed by atoms with Crippen LogP contribution in [0, 0.1) is 0 Å². The molecule has 0 radical (unpaired) electrons. The van der Waals surface area contributed by atoms with Gasteiger partial charge >= 0.3 is 0 Å². The first kappa shape index (κ1) is 16.4. The number of benzene rings is 1. The highest BCUT2D eigenvalue weighted by Gasteiger charge is 2.45. The van der Waals surface area contributed by atoms with Gasteiger partial charge in [-0.3, -0.25) is 14.6 Å². The Morgan fingerprint density at radius 1 is 1.38 bits per heavy atom. The van der Waals surface area contributed by atoms with Crippen LogP contribution >= 0.6 is 0 Å². The number of carbonyl (C=O) groups excluding carboxylic acids is 2. The maximum Gasteiger partial charge on any atom is 0.255 e. The predicted molar refractivity (Wildman–Crippen MR) is 90.4 cm³/mol. The average molecular weight is 327 g/mol. The number of pyridine rings is 1. The average Bonchev–Trinajstić information content (AvgIpc) is 2.96. The van der Waals surface area contributed by atoms with Crippen LogP contribution in [0.25, 0.3) is 10.9 Å². The molecule has 0 spiro atoms. The molecule has 1 aromatic carbocycles. The fraction of sp³-hybridized carbons (Fsp3) is 0.389. The number of nitrogens with two attached hydrogens (primary N) is 1. The number of hydrogen-bond acceptors (Lipinski definition) is 4. The maximum absolute atomic E-state index is 13.0. The number of rotatable bonds is 5. The van der Waals surface area contributed by atoms with Crippen LogP contribution in [0.15, 0.2) is 36.5 Å². The molecule has 24 heavy (non-hydrogen) atoms. The van der Waals surface area contributed by atoms with Crippen molar-refractivity contribution in [3.63, 3.8) is 0 Å². The van der Waals surface area contributed by atoms with Gasteiger partial charge in [0.25, 0.3) is 5.91 Å². The Morgan fingerprint density at radius 2 is 2.17 bits per heavy atom. The van der Waals surface area contributed by atoms with E-state index in [4.69, 9.17) is 10.5 Å². The molecule has 2 amide bonds. The van der Waals surface area contributed by atoms with Gasteiger partial charge in [-0.15, -0.1) is 0 Å². The van der Waals surface area contributed by atoms with Gasteiger partial charge in [0.05, 0.1) is 29.6 Å². The van der Waals surface area contributed by atoms with Crippen molar-refractivity contribution in [2.24, 2.45) is 5.73 Å². The molecule has 1 aromatic heterocycles. The number of amides is 2. The van der Waals surface area contributed by atoms with Crippen molar-refractivity contribution in [3.05, 3.63) is 42.1 Å². The molecule has 2 heterocycles. The van der Waals surface area contributed by atoms with Gasteiger partial charge in [0.1, 0.15) is 0 Å². The number of likely N-dealkylation sites (tertiary alicyclic amines) is 1. The van der Waals surface area contributed by atoms with Crippen molar-refractivity contribution in [2.45, 2.75) is 24.8 Å². The van der Waals surface area contributed by atoms with Crippen LogP contribution in [-0.2, 0) is 9.53 Å². The molecular formula is C18H21N3O3. The second-order valence-corrected chi connectivity index (χ2v) is 6.28. The second-order valence-electron chi connectivity index (χ2n) is 6.28. The third-order valence-electron chi connectivity index (χ3n) is 4.60. The van der Waals surface area contributed by atoms with Gasteiger partial charge in [-0.1, -0.05) is 18.2 Å². The summed E-state index contributed by atoms with van der Waals surface area (Å²) in [4.78, 5) is 30.7. The zero-order chi connectivity index (χ0) is 17.2. The molecule has 1 aliphatic heterocycles. The lowest BCUT2D eigenvalue weighted by Gasteiger charge is -2.37. The lowest BCUT2D eigenvalue weighted by Crippen LogP contribution is -2.52. The van der Waals surface area contributed by atoms with Crippen LogP contribution in [0.3, 0.4) is 0 Å². The minimum absolute atomic E-state index is 0.105. The van der Waals surface area contributed by atoms with Crippen LogP contribution in [0.5, 0.6) is 0 Å². The topological polar surface area (TPSA) is 85.5 Å². The standard InChI is InChI=1S/C18H21N3O3/c1-24-12-18(10-16(19)22)7-4-8-21(18)17(23)14-9-13-5-2-3-6-15(13)20-11-14/h2-3,5-6,9,11H,4,7-8,10,12H2,1H3,(H2,19,22)/t18-/m0/s1.